The molecule has 1 N–H and O–H groups in total. The number of hydrogen-bond acceptors (Lipinski definition) is 7. The lowest BCUT2D eigenvalue weighted by Gasteiger charge is -2.15. The van der Waals surface area contributed by atoms with Crippen molar-refractivity contribution in [3.05, 3.63) is 29.5 Å². The maximum atomic E-state index is 12.4. The molecule has 0 fully saturated rings. The number of aromatic nitrogens is 3. The molecule has 1 amide bonds. The number of nitrogens with one attached hydrogen (secondary N) is 1. The highest BCUT2D eigenvalue weighted by Crippen LogP contribution is 2.28. The first kappa shape index (κ1) is 19.4. The summed E-state index contributed by atoms with van der Waals surface area (Å²) >= 11 is 1.32. The molecule has 2 aromatic heterocycles. The highest BCUT2D eigenvalue weighted by atomic mass is 32.2. The number of carbonyl (C=O) groups is 1. The van der Waals surface area contributed by atoms with Crippen LogP contribution in [-0.2, 0) is 14.8 Å². The Morgan fingerprint density at radius 3 is 2.64 bits per heavy atom. The number of anilines is 1. The molecule has 2 heterocycles. The van der Waals surface area contributed by atoms with E-state index >= 15 is 0 Å². The number of hydrogen-bond donors (Lipinski definition) is 1. The molecule has 136 valence electrons. The van der Waals surface area contributed by atoms with Gasteiger partial charge in [-0.1, -0.05) is 25.2 Å². The van der Waals surface area contributed by atoms with Crippen molar-refractivity contribution in [2.45, 2.75) is 37.5 Å². The summed E-state index contributed by atoms with van der Waals surface area (Å²) in [5.74, 6) is -0.154. The number of carbonyl (C=O) groups excluding carboxylic acids is 1. The van der Waals surface area contributed by atoms with E-state index in [0.29, 0.717) is 11.0 Å². The van der Waals surface area contributed by atoms with Gasteiger partial charge in [0.2, 0.25) is 21.1 Å². The van der Waals surface area contributed by atoms with Crippen LogP contribution in [0.1, 0.15) is 37.6 Å². The predicted molar refractivity (Wildman–Crippen MR) is 95.9 cm³/mol. The van der Waals surface area contributed by atoms with Crippen LogP contribution in [0, 0.1) is 0 Å². The van der Waals surface area contributed by atoms with Crippen LogP contribution in [0.4, 0.5) is 5.13 Å². The third-order valence-corrected chi connectivity index (χ3v) is 6.52. The van der Waals surface area contributed by atoms with Crippen molar-refractivity contribution >= 4 is 32.4 Å². The van der Waals surface area contributed by atoms with Gasteiger partial charge in [0.25, 0.3) is 0 Å². The fourth-order valence-electron chi connectivity index (χ4n) is 2.21. The van der Waals surface area contributed by atoms with E-state index in [1.165, 1.54) is 42.9 Å². The van der Waals surface area contributed by atoms with E-state index in [-0.39, 0.29) is 11.4 Å². The van der Waals surface area contributed by atoms with Crippen molar-refractivity contribution < 1.29 is 13.2 Å². The number of likely N-dealkylation sites (N-methyl/N-ethyl adjacent to an activating group) is 1. The number of amides is 1. The van der Waals surface area contributed by atoms with Crippen molar-refractivity contribution in [1.82, 2.24) is 19.5 Å². The Hall–Kier alpha value is -1.91. The van der Waals surface area contributed by atoms with Gasteiger partial charge < -0.3 is 0 Å². The molecule has 2 rings (SSSR count). The summed E-state index contributed by atoms with van der Waals surface area (Å²) in [6.07, 6.45) is 4.63. The molecule has 0 aliphatic rings. The van der Waals surface area contributed by atoms with Gasteiger partial charge in [-0.05, 0) is 25.0 Å². The van der Waals surface area contributed by atoms with Gasteiger partial charge in [-0.15, -0.1) is 10.2 Å². The minimum atomic E-state index is -3.77. The van der Waals surface area contributed by atoms with E-state index in [0.717, 1.165) is 22.2 Å². The summed E-state index contributed by atoms with van der Waals surface area (Å²) in [6, 6.07) is 2.96. The standard InChI is InChI=1S/C15H21N5O3S2/c1-4-11(5-2)14-18-19-15(24-14)17-13(21)10-20(3)25(22,23)12-7-6-8-16-9-12/h6-9,11H,4-5,10H2,1-3H3,(H,17,19,21). The zero-order chi connectivity index (χ0) is 18.4. The summed E-state index contributed by atoms with van der Waals surface area (Å²) in [5.41, 5.74) is 0. The first-order valence-corrected chi connectivity index (χ1v) is 10.1. The fraction of sp³-hybridized carbons (Fsp3) is 0.467. The van der Waals surface area contributed by atoms with E-state index in [2.05, 4.69) is 34.3 Å². The molecule has 0 atom stereocenters. The van der Waals surface area contributed by atoms with Crippen LogP contribution in [0.15, 0.2) is 29.4 Å². The van der Waals surface area contributed by atoms with Gasteiger partial charge in [0.05, 0.1) is 6.54 Å². The van der Waals surface area contributed by atoms with Gasteiger partial charge >= 0.3 is 0 Å². The normalized spacial score (nSPS) is 11.9. The third kappa shape index (κ3) is 4.80. The molecular formula is C15H21N5O3S2. The van der Waals surface area contributed by atoms with Gasteiger partial charge in [-0.3, -0.25) is 15.1 Å². The maximum absolute atomic E-state index is 12.4. The average Bonchev–Trinajstić information content (AvgIpc) is 3.04. The van der Waals surface area contributed by atoms with Crippen molar-refractivity contribution in [2.75, 3.05) is 18.9 Å². The Balaban J connectivity index is 2.00. The second-order valence-corrected chi connectivity index (χ2v) is 8.51. The molecule has 0 saturated heterocycles. The first-order chi connectivity index (χ1) is 11.9. The smallest absolute Gasteiger partial charge is 0.244 e. The monoisotopic (exact) mass is 383 g/mol. The lowest BCUT2D eigenvalue weighted by Crippen LogP contribution is -2.35. The molecule has 0 aromatic carbocycles. The molecule has 0 unspecified atom stereocenters. The number of rotatable bonds is 8. The largest absolute Gasteiger partial charge is 0.299 e. The summed E-state index contributed by atoms with van der Waals surface area (Å²) in [6.45, 7) is 3.83. The fourth-order valence-corrected chi connectivity index (χ4v) is 4.33. The van der Waals surface area contributed by atoms with Crippen molar-refractivity contribution in [3.8, 4) is 0 Å². The molecule has 2 aromatic rings. The van der Waals surface area contributed by atoms with E-state index in [1.807, 2.05) is 0 Å². The van der Waals surface area contributed by atoms with E-state index in [1.54, 1.807) is 0 Å². The highest BCUT2D eigenvalue weighted by Gasteiger charge is 2.23. The van der Waals surface area contributed by atoms with Crippen LogP contribution in [-0.4, -0.2) is 47.4 Å². The predicted octanol–water partition coefficient (Wildman–Crippen LogP) is 2.10. The Kier molecular flexibility index (Phi) is 6.57. The third-order valence-electron chi connectivity index (χ3n) is 3.73. The topological polar surface area (TPSA) is 105 Å². The Bertz CT molecular complexity index is 804. The van der Waals surface area contributed by atoms with Crippen LogP contribution in [0.5, 0.6) is 0 Å². The van der Waals surface area contributed by atoms with Crippen molar-refractivity contribution in [1.29, 1.82) is 0 Å². The molecule has 0 aliphatic heterocycles. The minimum Gasteiger partial charge on any atom is -0.299 e. The van der Waals surface area contributed by atoms with Crippen molar-refractivity contribution in [2.24, 2.45) is 0 Å². The van der Waals surface area contributed by atoms with E-state index in [4.69, 9.17) is 0 Å². The molecule has 0 radical (unpaired) electrons. The highest BCUT2D eigenvalue weighted by molar-refractivity contribution is 7.89. The van der Waals surface area contributed by atoms with Gasteiger partial charge in [0.1, 0.15) is 9.90 Å². The van der Waals surface area contributed by atoms with Gasteiger partial charge in [-0.25, -0.2) is 8.42 Å². The van der Waals surface area contributed by atoms with Crippen LogP contribution in [0.3, 0.4) is 0 Å². The van der Waals surface area contributed by atoms with Gasteiger partial charge in [-0.2, -0.15) is 4.31 Å². The van der Waals surface area contributed by atoms with E-state index < -0.39 is 15.9 Å². The SMILES string of the molecule is CCC(CC)c1nnc(NC(=O)CN(C)S(=O)(=O)c2cccnc2)s1. The summed E-state index contributed by atoms with van der Waals surface area (Å²) in [4.78, 5) is 16.0. The molecule has 0 bridgehead atoms. The van der Waals surface area contributed by atoms with E-state index in [9.17, 15) is 13.2 Å². The molecule has 8 nitrogen and oxygen atoms in total. The Labute approximate surface area is 151 Å². The summed E-state index contributed by atoms with van der Waals surface area (Å²) in [7, 11) is -2.42. The molecule has 0 aliphatic carbocycles. The first-order valence-electron chi connectivity index (χ1n) is 7.88. The second-order valence-electron chi connectivity index (χ2n) is 5.46. The van der Waals surface area contributed by atoms with Crippen LogP contribution in [0.2, 0.25) is 0 Å². The van der Waals surface area contributed by atoms with Crippen molar-refractivity contribution in [3.63, 3.8) is 0 Å². The Morgan fingerprint density at radius 2 is 2.04 bits per heavy atom. The van der Waals surface area contributed by atoms with Gasteiger partial charge in [0.15, 0.2) is 0 Å². The zero-order valence-corrected chi connectivity index (χ0v) is 16.0. The van der Waals surface area contributed by atoms with Crippen LogP contribution < -0.4 is 5.32 Å². The molecule has 25 heavy (non-hydrogen) atoms. The summed E-state index contributed by atoms with van der Waals surface area (Å²) < 4.78 is 25.7. The Morgan fingerprint density at radius 1 is 1.32 bits per heavy atom. The lowest BCUT2D eigenvalue weighted by atomic mass is 10.1. The van der Waals surface area contributed by atoms with Gasteiger partial charge in [0, 0.05) is 25.4 Å². The summed E-state index contributed by atoms with van der Waals surface area (Å²) in [5, 5.41) is 11.9. The zero-order valence-electron chi connectivity index (χ0n) is 14.3. The number of pyridine rings is 1. The molecule has 10 heteroatoms. The molecule has 0 saturated carbocycles. The van der Waals surface area contributed by atoms with Crippen LogP contribution in [0.25, 0.3) is 0 Å². The number of sulfonamides is 1. The number of nitrogens with zero attached hydrogens (tertiary/aromatic N) is 4. The average molecular weight is 383 g/mol. The minimum absolute atomic E-state index is 0.0391. The van der Waals surface area contributed by atoms with Crippen LogP contribution >= 0.6 is 11.3 Å². The molecular weight excluding hydrogens is 362 g/mol. The lowest BCUT2D eigenvalue weighted by molar-refractivity contribution is -0.116. The maximum Gasteiger partial charge on any atom is 0.244 e. The molecule has 0 spiro atoms. The quantitative estimate of drug-likeness (QED) is 0.748. The second kappa shape index (κ2) is 8.45.